The largest absolute Gasteiger partial charge is 0.352 e. The van der Waals surface area contributed by atoms with Gasteiger partial charge in [-0.15, -0.1) is 0 Å². The molecule has 1 atom stereocenters. The van der Waals surface area contributed by atoms with E-state index < -0.39 is 20.8 Å². The SMILES string of the molecule is CC1(C)CC1CNC(=O)c1ccc(S(=O)(=O)Cl)cc1F. The van der Waals surface area contributed by atoms with E-state index in [1.807, 2.05) is 0 Å². The first kappa shape index (κ1) is 15.3. The Hall–Kier alpha value is -1.14. The Kier molecular flexibility index (Phi) is 3.81. The van der Waals surface area contributed by atoms with Crippen molar-refractivity contribution in [1.29, 1.82) is 0 Å². The van der Waals surface area contributed by atoms with Gasteiger partial charge in [0.1, 0.15) is 5.82 Å². The third-order valence-electron chi connectivity index (χ3n) is 3.69. The summed E-state index contributed by atoms with van der Waals surface area (Å²) in [6.07, 6.45) is 1.03. The van der Waals surface area contributed by atoms with Gasteiger partial charge >= 0.3 is 0 Å². The smallest absolute Gasteiger partial charge is 0.261 e. The average molecular weight is 320 g/mol. The molecular weight excluding hydrogens is 305 g/mol. The fourth-order valence-corrected chi connectivity index (χ4v) is 2.83. The van der Waals surface area contributed by atoms with Crippen LogP contribution in [0.5, 0.6) is 0 Å². The van der Waals surface area contributed by atoms with Crippen LogP contribution in [0.4, 0.5) is 4.39 Å². The van der Waals surface area contributed by atoms with E-state index in [2.05, 4.69) is 19.2 Å². The molecule has 0 heterocycles. The van der Waals surface area contributed by atoms with Gasteiger partial charge in [0.15, 0.2) is 0 Å². The maximum absolute atomic E-state index is 13.7. The Morgan fingerprint density at radius 1 is 1.50 bits per heavy atom. The average Bonchev–Trinajstić information content (AvgIpc) is 2.92. The quantitative estimate of drug-likeness (QED) is 0.867. The molecule has 0 bridgehead atoms. The predicted octanol–water partition coefficient (Wildman–Crippen LogP) is 2.53. The summed E-state index contributed by atoms with van der Waals surface area (Å²) in [5.41, 5.74) is 0.0371. The van der Waals surface area contributed by atoms with Gasteiger partial charge in [-0.1, -0.05) is 13.8 Å². The van der Waals surface area contributed by atoms with E-state index in [0.29, 0.717) is 12.5 Å². The van der Waals surface area contributed by atoms with Crippen LogP contribution in [0.15, 0.2) is 23.1 Å². The summed E-state index contributed by atoms with van der Waals surface area (Å²) in [7, 11) is 1.11. The molecule has 0 aliphatic heterocycles. The van der Waals surface area contributed by atoms with E-state index >= 15 is 0 Å². The van der Waals surface area contributed by atoms with Crippen molar-refractivity contribution in [2.24, 2.45) is 11.3 Å². The number of carbonyl (C=O) groups excluding carboxylic acids is 1. The van der Waals surface area contributed by atoms with Crippen molar-refractivity contribution in [2.75, 3.05) is 6.54 Å². The normalized spacial score (nSPS) is 20.5. The summed E-state index contributed by atoms with van der Waals surface area (Å²) in [5, 5.41) is 2.65. The number of hydrogen-bond acceptors (Lipinski definition) is 3. The summed E-state index contributed by atoms with van der Waals surface area (Å²) in [6, 6.07) is 2.98. The van der Waals surface area contributed by atoms with Crippen molar-refractivity contribution in [3.63, 3.8) is 0 Å². The zero-order valence-corrected chi connectivity index (χ0v) is 12.7. The number of rotatable bonds is 4. The van der Waals surface area contributed by atoms with Crippen molar-refractivity contribution in [2.45, 2.75) is 25.2 Å². The van der Waals surface area contributed by atoms with Crippen molar-refractivity contribution in [3.8, 4) is 0 Å². The van der Waals surface area contributed by atoms with Gasteiger partial charge < -0.3 is 5.32 Å². The molecule has 1 aromatic carbocycles. The standard InChI is InChI=1S/C13H15ClFNO3S/c1-13(2)6-8(13)7-16-12(17)10-4-3-9(5-11(10)15)20(14,18)19/h3-5,8H,6-7H2,1-2H3,(H,16,17). The number of carbonyl (C=O) groups is 1. The van der Waals surface area contributed by atoms with Crippen molar-refractivity contribution in [1.82, 2.24) is 5.32 Å². The predicted molar refractivity (Wildman–Crippen MR) is 73.7 cm³/mol. The summed E-state index contributed by atoms with van der Waals surface area (Å²) >= 11 is 0. The molecule has 20 heavy (non-hydrogen) atoms. The van der Waals surface area contributed by atoms with Crippen LogP contribution in [0.1, 0.15) is 30.6 Å². The summed E-state index contributed by atoms with van der Waals surface area (Å²) in [6.45, 7) is 4.69. The van der Waals surface area contributed by atoms with Gasteiger partial charge in [0.25, 0.3) is 15.0 Å². The molecule has 4 nitrogen and oxygen atoms in total. The lowest BCUT2D eigenvalue weighted by atomic mass is 10.1. The van der Waals surface area contributed by atoms with E-state index in [1.165, 1.54) is 0 Å². The van der Waals surface area contributed by atoms with Gasteiger partial charge in [0, 0.05) is 17.2 Å². The Morgan fingerprint density at radius 2 is 2.10 bits per heavy atom. The van der Waals surface area contributed by atoms with E-state index in [9.17, 15) is 17.6 Å². The molecule has 0 spiro atoms. The van der Waals surface area contributed by atoms with Crippen LogP contribution in [-0.2, 0) is 9.05 Å². The molecule has 110 valence electrons. The number of hydrogen-bond donors (Lipinski definition) is 1. The topological polar surface area (TPSA) is 63.2 Å². The minimum Gasteiger partial charge on any atom is -0.352 e. The molecule has 2 rings (SSSR count). The molecule has 1 amide bonds. The van der Waals surface area contributed by atoms with E-state index in [-0.39, 0.29) is 15.9 Å². The lowest BCUT2D eigenvalue weighted by Crippen LogP contribution is -2.27. The molecule has 1 N–H and O–H groups in total. The molecule has 1 aliphatic carbocycles. The molecule has 1 unspecified atom stereocenters. The van der Waals surface area contributed by atoms with E-state index in [1.54, 1.807) is 0 Å². The van der Waals surface area contributed by atoms with Gasteiger partial charge in [-0.25, -0.2) is 12.8 Å². The molecule has 7 heteroatoms. The first-order valence-corrected chi connectivity index (χ1v) is 8.44. The lowest BCUT2D eigenvalue weighted by molar-refractivity contribution is 0.0946. The van der Waals surface area contributed by atoms with Crippen LogP contribution in [0.3, 0.4) is 0 Å². The van der Waals surface area contributed by atoms with Gasteiger partial charge in [-0.05, 0) is 36.0 Å². The first-order chi connectivity index (χ1) is 9.11. The molecule has 1 aromatic rings. The molecule has 1 fully saturated rings. The fraction of sp³-hybridized carbons (Fsp3) is 0.462. The monoisotopic (exact) mass is 319 g/mol. The van der Waals surface area contributed by atoms with Crippen molar-refractivity contribution in [3.05, 3.63) is 29.6 Å². The molecular formula is C13H15ClFNO3S. The van der Waals surface area contributed by atoms with Gasteiger partial charge in [0.2, 0.25) is 0 Å². The minimum absolute atomic E-state index is 0.187. The van der Waals surface area contributed by atoms with Gasteiger partial charge in [-0.2, -0.15) is 0 Å². The Morgan fingerprint density at radius 3 is 2.55 bits per heavy atom. The fourth-order valence-electron chi connectivity index (χ4n) is 2.07. The van der Waals surface area contributed by atoms with Crippen molar-refractivity contribution < 1.29 is 17.6 Å². The highest BCUT2D eigenvalue weighted by Crippen LogP contribution is 2.50. The second-order valence-electron chi connectivity index (χ2n) is 5.68. The zero-order valence-electron chi connectivity index (χ0n) is 11.1. The summed E-state index contributed by atoms with van der Waals surface area (Å²) in [5.74, 6) is -1.06. The third kappa shape index (κ3) is 3.30. The van der Waals surface area contributed by atoms with Crippen LogP contribution in [-0.4, -0.2) is 20.9 Å². The van der Waals surface area contributed by atoms with E-state index in [0.717, 1.165) is 24.6 Å². The van der Waals surface area contributed by atoms with Crippen molar-refractivity contribution >= 4 is 25.6 Å². The molecule has 0 radical (unpaired) electrons. The number of benzene rings is 1. The Bertz CT molecular complexity index is 658. The van der Waals surface area contributed by atoms with Gasteiger partial charge in [-0.3, -0.25) is 4.79 Å². The highest BCUT2D eigenvalue weighted by molar-refractivity contribution is 8.13. The third-order valence-corrected chi connectivity index (χ3v) is 5.04. The number of halogens is 2. The maximum atomic E-state index is 13.7. The highest BCUT2D eigenvalue weighted by atomic mass is 35.7. The van der Waals surface area contributed by atoms with Crippen LogP contribution in [0.25, 0.3) is 0 Å². The maximum Gasteiger partial charge on any atom is 0.261 e. The first-order valence-electron chi connectivity index (χ1n) is 6.14. The lowest BCUT2D eigenvalue weighted by Gasteiger charge is -2.08. The number of amides is 1. The highest BCUT2D eigenvalue weighted by Gasteiger charge is 2.45. The Labute approximate surface area is 121 Å². The second-order valence-corrected chi connectivity index (χ2v) is 8.25. The summed E-state index contributed by atoms with van der Waals surface area (Å²) < 4.78 is 35.9. The zero-order chi connectivity index (χ0) is 15.1. The molecule has 0 aromatic heterocycles. The Balaban J connectivity index is 2.07. The van der Waals surface area contributed by atoms with Crippen LogP contribution >= 0.6 is 10.7 Å². The minimum atomic E-state index is -4.00. The van der Waals surface area contributed by atoms with E-state index in [4.69, 9.17) is 10.7 Å². The second kappa shape index (κ2) is 5.00. The van der Waals surface area contributed by atoms with Crippen LogP contribution in [0.2, 0.25) is 0 Å². The molecule has 0 saturated heterocycles. The van der Waals surface area contributed by atoms with Crippen LogP contribution < -0.4 is 5.32 Å². The van der Waals surface area contributed by atoms with Crippen LogP contribution in [0, 0.1) is 17.2 Å². The summed E-state index contributed by atoms with van der Waals surface area (Å²) in [4.78, 5) is 11.5. The molecule has 1 saturated carbocycles. The molecule has 1 aliphatic rings. The number of nitrogens with one attached hydrogen (secondary N) is 1. The van der Waals surface area contributed by atoms with Gasteiger partial charge in [0.05, 0.1) is 10.5 Å².